The lowest BCUT2D eigenvalue weighted by Gasteiger charge is -2.08. The number of anilines is 1. The van der Waals surface area contributed by atoms with Crippen LogP contribution in [0.4, 0.5) is 11.5 Å². The molecule has 10 nitrogen and oxygen atoms in total. The number of nitrogens with zero attached hydrogens (tertiary/aromatic N) is 3. The second-order valence-corrected chi connectivity index (χ2v) is 6.85. The van der Waals surface area contributed by atoms with Crippen LogP contribution in [0.3, 0.4) is 0 Å². The van der Waals surface area contributed by atoms with Crippen LogP contribution in [-0.2, 0) is 29.1 Å². The minimum atomic E-state index is -3.47. The molecule has 11 heteroatoms. The van der Waals surface area contributed by atoms with Crippen LogP contribution < -0.4 is 4.72 Å². The standard InChI is InChI=1S/C15H16N4O6S/c1-24-14(20)11(15(21)25-2)7-16-13-10-6-9(19-26(3,22)23)4-5-12(10)17-8-18-13/h4-8,11,19H,1-3H3. The number of esters is 2. The maximum absolute atomic E-state index is 11.7. The third-order valence-corrected chi connectivity index (χ3v) is 3.78. The number of carbonyl (C=O) groups is 2. The second-order valence-electron chi connectivity index (χ2n) is 5.11. The van der Waals surface area contributed by atoms with Gasteiger partial charge in [-0.05, 0) is 18.2 Å². The molecule has 0 radical (unpaired) electrons. The highest BCUT2D eigenvalue weighted by molar-refractivity contribution is 7.92. The summed E-state index contributed by atoms with van der Waals surface area (Å²) in [6.45, 7) is 0. The van der Waals surface area contributed by atoms with E-state index in [-0.39, 0.29) is 5.82 Å². The zero-order valence-corrected chi connectivity index (χ0v) is 15.0. The highest BCUT2D eigenvalue weighted by Gasteiger charge is 2.26. The molecule has 0 bridgehead atoms. The van der Waals surface area contributed by atoms with Gasteiger partial charge in [-0.15, -0.1) is 0 Å². The van der Waals surface area contributed by atoms with Gasteiger partial charge in [0.2, 0.25) is 10.0 Å². The molecule has 26 heavy (non-hydrogen) atoms. The van der Waals surface area contributed by atoms with E-state index >= 15 is 0 Å². The van der Waals surface area contributed by atoms with Crippen LogP contribution in [-0.4, -0.2) is 57.0 Å². The zero-order chi connectivity index (χ0) is 19.3. The van der Waals surface area contributed by atoms with Crippen LogP contribution in [0.1, 0.15) is 0 Å². The monoisotopic (exact) mass is 380 g/mol. The Hall–Kier alpha value is -3.08. The lowest BCUT2D eigenvalue weighted by molar-refractivity contribution is -0.154. The van der Waals surface area contributed by atoms with Crippen LogP contribution >= 0.6 is 0 Å². The van der Waals surface area contributed by atoms with Gasteiger partial charge in [-0.25, -0.2) is 23.4 Å². The fourth-order valence-corrected chi connectivity index (χ4v) is 2.60. The van der Waals surface area contributed by atoms with Crippen molar-refractivity contribution in [3.8, 4) is 0 Å². The molecule has 1 aromatic carbocycles. The summed E-state index contributed by atoms with van der Waals surface area (Å²) < 4.78 is 34.2. The molecule has 1 N–H and O–H groups in total. The first-order chi connectivity index (χ1) is 12.2. The molecule has 1 aromatic heterocycles. The van der Waals surface area contributed by atoms with E-state index in [9.17, 15) is 18.0 Å². The Balaban J connectivity index is 2.46. The molecule has 138 valence electrons. The number of hydrogen-bond donors (Lipinski definition) is 1. The van der Waals surface area contributed by atoms with Gasteiger partial charge in [-0.3, -0.25) is 14.3 Å². The van der Waals surface area contributed by atoms with Gasteiger partial charge in [-0.1, -0.05) is 0 Å². The van der Waals surface area contributed by atoms with Crippen molar-refractivity contribution in [2.75, 3.05) is 25.2 Å². The SMILES string of the molecule is COC(=O)C(C=Nc1ncnc2ccc(NS(C)(=O)=O)cc12)C(=O)OC. The molecule has 0 amide bonds. The van der Waals surface area contributed by atoms with E-state index in [4.69, 9.17) is 0 Å². The topological polar surface area (TPSA) is 137 Å². The summed E-state index contributed by atoms with van der Waals surface area (Å²) in [5, 5.41) is 0.422. The average Bonchev–Trinajstić information content (AvgIpc) is 2.60. The lowest BCUT2D eigenvalue weighted by Crippen LogP contribution is -2.27. The molecular formula is C15H16N4O6S. The number of benzene rings is 1. The Morgan fingerprint density at radius 3 is 2.42 bits per heavy atom. The Kier molecular flexibility index (Phi) is 5.82. The summed E-state index contributed by atoms with van der Waals surface area (Å²) >= 11 is 0. The van der Waals surface area contributed by atoms with Crippen molar-refractivity contribution in [3.63, 3.8) is 0 Å². The minimum absolute atomic E-state index is 0.143. The Morgan fingerprint density at radius 1 is 1.19 bits per heavy atom. The van der Waals surface area contributed by atoms with E-state index in [0.717, 1.165) is 26.7 Å². The number of fused-ring (bicyclic) bond motifs is 1. The molecule has 0 atom stereocenters. The highest BCUT2D eigenvalue weighted by Crippen LogP contribution is 2.25. The summed E-state index contributed by atoms with van der Waals surface area (Å²) in [7, 11) is -1.20. The lowest BCUT2D eigenvalue weighted by atomic mass is 10.1. The molecule has 0 aliphatic heterocycles. The van der Waals surface area contributed by atoms with Crippen molar-refractivity contribution < 1.29 is 27.5 Å². The second kappa shape index (κ2) is 7.87. The van der Waals surface area contributed by atoms with E-state index in [1.807, 2.05) is 0 Å². The van der Waals surface area contributed by atoms with Crippen molar-refractivity contribution in [2.45, 2.75) is 0 Å². The fourth-order valence-electron chi connectivity index (χ4n) is 2.04. The number of aliphatic imine (C=N–C) groups is 1. The van der Waals surface area contributed by atoms with Crippen LogP contribution in [0, 0.1) is 5.92 Å². The van der Waals surface area contributed by atoms with Gasteiger partial charge < -0.3 is 9.47 Å². The van der Waals surface area contributed by atoms with E-state index in [1.54, 1.807) is 6.07 Å². The molecule has 0 saturated carbocycles. The molecule has 0 fully saturated rings. The number of nitrogens with one attached hydrogen (secondary N) is 1. The predicted molar refractivity (Wildman–Crippen MR) is 93.7 cm³/mol. The van der Waals surface area contributed by atoms with Crippen molar-refractivity contribution in [1.82, 2.24) is 9.97 Å². The van der Waals surface area contributed by atoms with Crippen LogP contribution in [0.15, 0.2) is 29.5 Å². The first kappa shape index (κ1) is 19.2. The van der Waals surface area contributed by atoms with E-state index < -0.39 is 27.9 Å². The summed E-state index contributed by atoms with van der Waals surface area (Å²) in [6.07, 6.45) is 3.33. The highest BCUT2D eigenvalue weighted by atomic mass is 32.2. The summed E-state index contributed by atoms with van der Waals surface area (Å²) in [4.78, 5) is 35.5. The predicted octanol–water partition coefficient (Wildman–Crippen LogP) is 0.666. The molecule has 1 heterocycles. The Labute approximate surface area is 149 Å². The number of hydrogen-bond acceptors (Lipinski definition) is 9. The summed E-state index contributed by atoms with van der Waals surface area (Å²) in [5.41, 5.74) is 0.794. The molecule has 0 aliphatic carbocycles. The van der Waals surface area contributed by atoms with Gasteiger partial charge in [0.05, 0.1) is 26.0 Å². The first-order valence-electron chi connectivity index (χ1n) is 7.17. The van der Waals surface area contributed by atoms with Crippen molar-refractivity contribution in [2.24, 2.45) is 10.9 Å². The van der Waals surface area contributed by atoms with Gasteiger partial charge in [0.1, 0.15) is 6.33 Å². The number of sulfonamides is 1. The Bertz CT molecular complexity index is 957. The van der Waals surface area contributed by atoms with Gasteiger partial charge in [-0.2, -0.15) is 0 Å². The van der Waals surface area contributed by atoms with Crippen molar-refractivity contribution in [1.29, 1.82) is 0 Å². The molecule has 2 rings (SSSR count). The number of methoxy groups -OCH3 is 2. The summed E-state index contributed by atoms with van der Waals surface area (Å²) in [5.74, 6) is -2.88. The number of rotatable bonds is 6. The maximum atomic E-state index is 11.7. The zero-order valence-electron chi connectivity index (χ0n) is 14.2. The van der Waals surface area contributed by atoms with Crippen molar-refractivity contribution >= 4 is 50.6 Å². The third-order valence-electron chi connectivity index (χ3n) is 3.17. The Morgan fingerprint density at radius 2 is 1.85 bits per heavy atom. The smallest absolute Gasteiger partial charge is 0.325 e. The third kappa shape index (κ3) is 4.72. The van der Waals surface area contributed by atoms with Crippen LogP contribution in [0.5, 0.6) is 0 Å². The van der Waals surface area contributed by atoms with Gasteiger partial charge >= 0.3 is 11.9 Å². The largest absolute Gasteiger partial charge is 0.468 e. The minimum Gasteiger partial charge on any atom is -0.468 e. The summed E-state index contributed by atoms with van der Waals surface area (Å²) in [6, 6.07) is 4.62. The molecule has 0 saturated heterocycles. The number of ether oxygens (including phenoxy) is 2. The molecular weight excluding hydrogens is 364 g/mol. The molecule has 0 spiro atoms. The van der Waals surface area contributed by atoms with E-state index in [2.05, 4.69) is 29.2 Å². The number of aromatic nitrogens is 2. The van der Waals surface area contributed by atoms with E-state index in [0.29, 0.717) is 16.6 Å². The van der Waals surface area contributed by atoms with Gasteiger partial charge in [0, 0.05) is 17.3 Å². The van der Waals surface area contributed by atoms with Crippen molar-refractivity contribution in [3.05, 3.63) is 24.5 Å². The maximum Gasteiger partial charge on any atom is 0.325 e. The van der Waals surface area contributed by atoms with Crippen LogP contribution in [0.2, 0.25) is 0 Å². The quantitative estimate of drug-likeness (QED) is 0.438. The normalized spacial score (nSPS) is 11.7. The van der Waals surface area contributed by atoms with E-state index in [1.165, 1.54) is 18.5 Å². The molecule has 2 aromatic rings. The fraction of sp³-hybridized carbons (Fsp3) is 0.267. The van der Waals surface area contributed by atoms with Gasteiger partial charge in [0.25, 0.3) is 0 Å². The van der Waals surface area contributed by atoms with Crippen LogP contribution in [0.25, 0.3) is 10.9 Å². The average molecular weight is 380 g/mol. The molecule has 0 unspecified atom stereocenters. The molecule has 0 aliphatic rings. The van der Waals surface area contributed by atoms with Gasteiger partial charge in [0.15, 0.2) is 11.7 Å². The first-order valence-corrected chi connectivity index (χ1v) is 9.06. The number of carbonyl (C=O) groups excluding carboxylic acids is 2.